The lowest BCUT2D eigenvalue weighted by Gasteiger charge is -2.29. The second-order valence-electron chi connectivity index (χ2n) is 8.54. The molecule has 0 spiro atoms. The summed E-state index contributed by atoms with van der Waals surface area (Å²) < 4.78 is 0. The summed E-state index contributed by atoms with van der Waals surface area (Å²) in [5, 5.41) is 12.0. The van der Waals surface area contributed by atoms with Crippen LogP contribution in [0.4, 0.5) is 0 Å². The highest BCUT2D eigenvalue weighted by Crippen LogP contribution is 2.39. The minimum absolute atomic E-state index is 0.0855. The van der Waals surface area contributed by atoms with Crippen molar-refractivity contribution in [3.8, 4) is 0 Å². The zero-order chi connectivity index (χ0) is 21.8. The fraction of sp³-hybridized carbons (Fsp3) is 0.462. The van der Waals surface area contributed by atoms with Crippen LogP contribution >= 0.6 is 11.8 Å². The van der Waals surface area contributed by atoms with Gasteiger partial charge in [-0.25, -0.2) is 4.98 Å². The van der Waals surface area contributed by atoms with E-state index in [0.29, 0.717) is 24.3 Å². The number of ketones is 1. The minimum Gasteiger partial charge on any atom is -0.512 e. The molecule has 0 fully saturated rings. The number of nitrogens with zero attached hydrogens (tertiary/aromatic N) is 1. The molecule has 0 aliphatic heterocycles. The topological polar surface area (TPSA) is 50.2 Å². The number of allylic oxidation sites excluding steroid dienone is 2. The lowest BCUT2D eigenvalue weighted by atomic mass is 9.76. The van der Waals surface area contributed by atoms with Gasteiger partial charge >= 0.3 is 0 Å². The number of benzene rings is 1. The molecule has 1 aromatic carbocycles. The van der Waals surface area contributed by atoms with E-state index in [4.69, 9.17) is 0 Å². The SMILES string of the molecule is CCc1cc(C)cc(CC)c1C1=C(O)CC(C(C)CSc2ccc(C)cn2)CC1=O. The second-order valence-corrected chi connectivity index (χ2v) is 9.58. The van der Waals surface area contributed by atoms with Crippen LogP contribution in [0.25, 0.3) is 5.57 Å². The molecule has 0 saturated heterocycles. The number of hydrogen-bond acceptors (Lipinski definition) is 4. The molecule has 30 heavy (non-hydrogen) atoms. The number of aliphatic hydroxyl groups is 1. The van der Waals surface area contributed by atoms with E-state index in [1.165, 1.54) is 5.56 Å². The number of aliphatic hydroxyl groups excluding tert-OH is 1. The van der Waals surface area contributed by atoms with E-state index < -0.39 is 0 Å². The summed E-state index contributed by atoms with van der Waals surface area (Å²) in [6.45, 7) is 10.5. The van der Waals surface area contributed by atoms with E-state index in [-0.39, 0.29) is 17.5 Å². The Balaban J connectivity index is 1.80. The Bertz CT molecular complexity index is 921. The molecule has 3 nitrogen and oxygen atoms in total. The lowest BCUT2D eigenvalue weighted by molar-refractivity contribution is -0.115. The molecule has 0 bridgehead atoms. The maximum atomic E-state index is 13.2. The van der Waals surface area contributed by atoms with Crippen LogP contribution in [0, 0.1) is 25.7 Å². The van der Waals surface area contributed by atoms with Gasteiger partial charge in [-0.05, 0) is 66.8 Å². The number of Topliss-reactive ketones (excluding diaryl/α,β-unsaturated/α-hetero) is 1. The maximum absolute atomic E-state index is 13.2. The number of carbonyl (C=O) groups is 1. The van der Waals surface area contributed by atoms with Crippen LogP contribution in [-0.2, 0) is 17.6 Å². The number of thioether (sulfide) groups is 1. The van der Waals surface area contributed by atoms with Gasteiger partial charge in [0.2, 0.25) is 0 Å². The molecule has 1 heterocycles. The molecule has 2 aromatic rings. The third-order valence-corrected chi connectivity index (χ3v) is 7.34. The van der Waals surface area contributed by atoms with E-state index in [0.717, 1.165) is 45.9 Å². The van der Waals surface area contributed by atoms with Crippen LogP contribution in [0.5, 0.6) is 0 Å². The maximum Gasteiger partial charge on any atom is 0.167 e. The smallest absolute Gasteiger partial charge is 0.167 e. The van der Waals surface area contributed by atoms with Crippen LogP contribution in [0.3, 0.4) is 0 Å². The third-order valence-electron chi connectivity index (χ3n) is 6.11. The number of carbonyl (C=O) groups excluding carboxylic acids is 1. The monoisotopic (exact) mass is 423 g/mol. The highest BCUT2D eigenvalue weighted by Gasteiger charge is 2.33. The van der Waals surface area contributed by atoms with Gasteiger partial charge in [0, 0.05) is 24.8 Å². The highest BCUT2D eigenvalue weighted by molar-refractivity contribution is 7.99. The summed E-state index contributed by atoms with van der Waals surface area (Å²) in [4.78, 5) is 17.7. The first kappa shape index (κ1) is 22.6. The first-order valence-electron chi connectivity index (χ1n) is 11.0. The van der Waals surface area contributed by atoms with Gasteiger partial charge in [0.15, 0.2) is 5.78 Å². The van der Waals surface area contributed by atoms with Gasteiger partial charge in [0.05, 0.1) is 10.6 Å². The lowest BCUT2D eigenvalue weighted by Crippen LogP contribution is -2.25. The van der Waals surface area contributed by atoms with E-state index in [9.17, 15) is 9.90 Å². The van der Waals surface area contributed by atoms with Crippen molar-refractivity contribution in [3.05, 3.63) is 64.0 Å². The number of aryl methyl sites for hydroxylation is 4. The molecule has 1 aliphatic carbocycles. The van der Waals surface area contributed by atoms with Crippen molar-refractivity contribution in [2.75, 3.05) is 5.75 Å². The summed E-state index contributed by atoms with van der Waals surface area (Å²) in [5.41, 5.74) is 6.24. The molecule has 0 saturated carbocycles. The van der Waals surface area contributed by atoms with Crippen LogP contribution in [0.15, 0.2) is 41.2 Å². The van der Waals surface area contributed by atoms with Gasteiger partial charge in [-0.2, -0.15) is 0 Å². The predicted octanol–water partition coefficient (Wildman–Crippen LogP) is 6.50. The Morgan fingerprint density at radius 3 is 2.30 bits per heavy atom. The Labute approximate surface area is 185 Å². The minimum atomic E-state index is 0.0855. The molecule has 2 atom stereocenters. The number of rotatable bonds is 7. The quantitative estimate of drug-likeness (QED) is 0.516. The van der Waals surface area contributed by atoms with Crippen molar-refractivity contribution in [2.24, 2.45) is 11.8 Å². The third kappa shape index (κ3) is 4.97. The van der Waals surface area contributed by atoms with E-state index in [1.54, 1.807) is 11.8 Å². The fourth-order valence-corrected chi connectivity index (χ4v) is 5.32. The van der Waals surface area contributed by atoms with Gasteiger partial charge in [0.25, 0.3) is 0 Å². The van der Waals surface area contributed by atoms with Crippen LogP contribution in [-0.4, -0.2) is 21.6 Å². The fourth-order valence-electron chi connectivity index (χ4n) is 4.32. The Morgan fingerprint density at radius 1 is 1.10 bits per heavy atom. The van der Waals surface area contributed by atoms with Crippen LogP contribution in [0.1, 0.15) is 61.4 Å². The number of hydrogen-bond donors (Lipinski definition) is 1. The van der Waals surface area contributed by atoms with Crippen molar-refractivity contribution < 1.29 is 9.90 Å². The Kier molecular flexibility index (Phi) is 7.41. The van der Waals surface area contributed by atoms with Crippen LogP contribution in [0.2, 0.25) is 0 Å². The molecule has 0 radical (unpaired) electrons. The molecule has 1 aromatic heterocycles. The number of pyridine rings is 1. The molecular weight excluding hydrogens is 390 g/mol. The van der Waals surface area contributed by atoms with Gasteiger partial charge in [-0.15, -0.1) is 11.8 Å². The van der Waals surface area contributed by atoms with Crippen molar-refractivity contribution in [1.29, 1.82) is 0 Å². The van der Waals surface area contributed by atoms with E-state index >= 15 is 0 Å². The number of aromatic nitrogens is 1. The molecule has 1 aliphatic rings. The largest absolute Gasteiger partial charge is 0.512 e. The molecule has 0 amide bonds. The highest BCUT2D eigenvalue weighted by atomic mass is 32.2. The first-order chi connectivity index (χ1) is 14.3. The molecule has 1 N–H and O–H groups in total. The molecule has 160 valence electrons. The average Bonchev–Trinajstić information content (AvgIpc) is 2.72. The first-order valence-corrected chi connectivity index (χ1v) is 12.0. The van der Waals surface area contributed by atoms with Crippen molar-refractivity contribution in [1.82, 2.24) is 4.98 Å². The Hall–Kier alpha value is -2.07. The average molecular weight is 424 g/mol. The molecule has 3 rings (SSSR count). The summed E-state index contributed by atoms with van der Waals surface area (Å²) >= 11 is 1.72. The zero-order valence-electron chi connectivity index (χ0n) is 18.8. The normalized spacial score (nSPS) is 18.0. The van der Waals surface area contributed by atoms with Crippen molar-refractivity contribution >= 4 is 23.1 Å². The van der Waals surface area contributed by atoms with Crippen molar-refractivity contribution in [3.63, 3.8) is 0 Å². The zero-order valence-corrected chi connectivity index (χ0v) is 19.6. The summed E-state index contributed by atoms with van der Waals surface area (Å²) in [6.07, 6.45) is 4.67. The predicted molar refractivity (Wildman–Crippen MR) is 126 cm³/mol. The summed E-state index contributed by atoms with van der Waals surface area (Å²) in [5.74, 6) is 1.73. The van der Waals surface area contributed by atoms with Gasteiger partial charge in [-0.1, -0.05) is 44.5 Å². The summed E-state index contributed by atoms with van der Waals surface area (Å²) in [6, 6.07) is 8.43. The summed E-state index contributed by atoms with van der Waals surface area (Å²) in [7, 11) is 0. The van der Waals surface area contributed by atoms with Crippen LogP contribution < -0.4 is 0 Å². The van der Waals surface area contributed by atoms with Gasteiger partial charge in [-0.3, -0.25) is 4.79 Å². The molecule has 2 unspecified atom stereocenters. The van der Waals surface area contributed by atoms with E-state index in [1.807, 2.05) is 19.2 Å². The van der Waals surface area contributed by atoms with Gasteiger partial charge in [0.1, 0.15) is 5.76 Å². The Morgan fingerprint density at radius 2 is 1.77 bits per heavy atom. The molecule has 4 heteroatoms. The molecular formula is C26H33NO2S. The van der Waals surface area contributed by atoms with Crippen molar-refractivity contribution in [2.45, 2.75) is 65.3 Å². The van der Waals surface area contributed by atoms with E-state index in [2.05, 4.69) is 50.9 Å². The van der Waals surface area contributed by atoms with Gasteiger partial charge < -0.3 is 5.11 Å². The standard InChI is InChI=1S/C26H33NO2S/c1-6-19-10-17(4)11-20(7-2)25(19)26-22(28)12-21(13-23(26)29)18(5)15-30-24-9-8-16(3)14-27-24/h8-11,14,18,21,28H,6-7,12-13,15H2,1-5H3. The second kappa shape index (κ2) is 9.82.